The summed E-state index contributed by atoms with van der Waals surface area (Å²) in [4.78, 5) is 14.8. The molecule has 3 N–H and O–H groups in total. The molecule has 2 unspecified atom stereocenters. The lowest BCUT2D eigenvalue weighted by Crippen LogP contribution is -2.27. The second kappa shape index (κ2) is 5.23. The topological polar surface area (TPSA) is 76.2 Å². The molecule has 0 amide bonds. The average molecular weight is 273 g/mol. The van der Waals surface area contributed by atoms with Crippen LogP contribution in [0.4, 0.5) is 0 Å². The lowest BCUT2D eigenvalue weighted by Gasteiger charge is -2.18. The Morgan fingerprint density at radius 3 is 2.73 bits per heavy atom. The Hall–Kier alpha value is -0.940. The van der Waals surface area contributed by atoms with Gasteiger partial charge in [0.05, 0.1) is 6.42 Å². The van der Waals surface area contributed by atoms with E-state index in [9.17, 15) is 4.79 Å². The molecule has 0 aliphatic carbocycles. The number of hydrogen-bond donors (Lipinski definition) is 2. The third-order valence-corrected chi connectivity index (χ3v) is 2.63. The van der Waals surface area contributed by atoms with E-state index in [4.69, 9.17) is 10.8 Å². The summed E-state index contributed by atoms with van der Waals surface area (Å²) < 4.78 is 0.866. The molecule has 0 aliphatic heterocycles. The van der Waals surface area contributed by atoms with Crippen molar-refractivity contribution < 1.29 is 9.90 Å². The molecule has 1 rings (SSSR count). The highest BCUT2D eigenvalue weighted by molar-refractivity contribution is 9.10. The van der Waals surface area contributed by atoms with E-state index in [2.05, 4.69) is 20.9 Å². The smallest absolute Gasteiger partial charge is 0.304 e. The molecule has 0 aliphatic rings. The van der Waals surface area contributed by atoms with Gasteiger partial charge >= 0.3 is 5.97 Å². The van der Waals surface area contributed by atoms with E-state index in [1.54, 1.807) is 19.2 Å². The maximum Gasteiger partial charge on any atom is 0.304 e. The molecule has 1 heterocycles. The van der Waals surface area contributed by atoms with Crippen LogP contribution in [0.1, 0.15) is 25.0 Å². The van der Waals surface area contributed by atoms with E-state index in [1.165, 1.54) is 0 Å². The van der Waals surface area contributed by atoms with Crippen molar-refractivity contribution in [3.63, 3.8) is 0 Å². The first-order valence-corrected chi connectivity index (χ1v) is 5.39. The van der Waals surface area contributed by atoms with Crippen molar-refractivity contribution in [3.8, 4) is 0 Å². The highest BCUT2D eigenvalue weighted by Gasteiger charge is 2.20. The zero-order valence-electron chi connectivity index (χ0n) is 8.35. The molecule has 0 aromatic carbocycles. The lowest BCUT2D eigenvalue weighted by atomic mass is 9.94. The minimum absolute atomic E-state index is 0.00625. The molecule has 2 atom stereocenters. The van der Waals surface area contributed by atoms with Crippen LogP contribution in [0.15, 0.2) is 22.8 Å². The summed E-state index contributed by atoms with van der Waals surface area (Å²) in [5.41, 5.74) is 6.46. The van der Waals surface area contributed by atoms with Crippen molar-refractivity contribution in [1.29, 1.82) is 0 Å². The molecule has 82 valence electrons. The maximum atomic E-state index is 10.7. The quantitative estimate of drug-likeness (QED) is 0.876. The Labute approximate surface area is 96.6 Å². The molecule has 0 radical (unpaired) electrons. The minimum Gasteiger partial charge on any atom is -0.481 e. The summed E-state index contributed by atoms with van der Waals surface area (Å²) in [6.07, 6.45) is 1.65. The van der Waals surface area contributed by atoms with Gasteiger partial charge in [0, 0.05) is 28.3 Å². The number of nitrogens with zero attached hydrogens (tertiary/aromatic N) is 1. The van der Waals surface area contributed by atoms with Crippen LogP contribution in [-0.4, -0.2) is 22.1 Å². The van der Waals surface area contributed by atoms with Gasteiger partial charge in [-0.3, -0.25) is 9.78 Å². The highest BCUT2D eigenvalue weighted by Crippen LogP contribution is 2.21. The number of pyridine rings is 1. The van der Waals surface area contributed by atoms with Crippen molar-refractivity contribution in [3.05, 3.63) is 28.5 Å². The molecule has 1 aromatic heterocycles. The first-order valence-electron chi connectivity index (χ1n) is 4.59. The van der Waals surface area contributed by atoms with Crippen LogP contribution < -0.4 is 5.73 Å². The van der Waals surface area contributed by atoms with Crippen LogP contribution in [0.2, 0.25) is 0 Å². The number of nitrogens with two attached hydrogens (primary N) is 1. The molecule has 5 heteroatoms. The van der Waals surface area contributed by atoms with Crippen LogP contribution >= 0.6 is 15.9 Å². The van der Waals surface area contributed by atoms with E-state index in [-0.39, 0.29) is 18.4 Å². The van der Waals surface area contributed by atoms with Gasteiger partial charge in [0.1, 0.15) is 0 Å². The van der Waals surface area contributed by atoms with Crippen molar-refractivity contribution in [2.75, 3.05) is 0 Å². The van der Waals surface area contributed by atoms with Gasteiger partial charge in [0.15, 0.2) is 0 Å². The normalized spacial score (nSPS) is 14.6. The number of hydrogen-bond acceptors (Lipinski definition) is 3. The number of carbonyl (C=O) groups is 1. The monoisotopic (exact) mass is 272 g/mol. The Balaban J connectivity index is 2.88. The van der Waals surface area contributed by atoms with Crippen LogP contribution in [-0.2, 0) is 4.79 Å². The molecule has 1 aromatic rings. The summed E-state index contributed by atoms with van der Waals surface area (Å²) in [6, 6.07) is 3.40. The van der Waals surface area contributed by atoms with E-state index in [1.807, 2.05) is 6.07 Å². The molecular formula is C10H13BrN2O2. The van der Waals surface area contributed by atoms with Gasteiger partial charge in [0.25, 0.3) is 0 Å². The van der Waals surface area contributed by atoms with Crippen LogP contribution in [0.3, 0.4) is 0 Å². The van der Waals surface area contributed by atoms with E-state index < -0.39 is 5.97 Å². The van der Waals surface area contributed by atoms with Gasteiger partial charge in [0.2, 0.25) is 0 Å². The fraction of sp³-hybridized carbons (Fsp3) is 0.400. The standard InChI is InChI=1S/C10H13BrN2O2/c1-6(12)8(4-10(14)15)9-3-2-7(11)5-13-9/h2-3,5-6,8H,4,12H2,1H3,(H,14,15). The molecule has 0 saturated heterocycles. The number of halogens is 1. The number of aromatic nitrogens is 1. The fourth-order valence-corrected chi connectivity index (χ4v) is 1.59. The highest BCUT2D eigenvalue weighted by atomic mass is 79.9. The molecule has 15 heavy (non-hydrogen) atoms. The predicted octanol–water partition coefficient (Wildman–Crippen LogP) is 1.75. The first kappa shape index (κ1) is 12.1. The Morgan fingerprint density at radius 2 is 2.33 bits per heavy atom. The van der Waals surface area contributed by atoms with Crippen molar-refractivity contribution in [1.82, 2.24) is 4.98 Å². The zero-order chi connectivity index (χ0) is 11.4. The van der Waals surface area contributed by atoms with Gasteiger partial charge in [-0.25, -0.2) is 0 Å². The van der Waals surface area contributed by atoms with E-state index in [0.717, 1.165) is 10.2 Å². The minimum atomic E-state index is -0.859. The molecule has 0 spiro atoms. The third kappa shape index (κ3) is 3.60. The maximum absolute atomic E-state index is 10.7. The van der Waals surface area contributed by atoms with Gasteiger partial charge in [-0.1, -0.05) is 0 Å². The largest absolute Gasteiger partial charge is 0.481 e. The summed E-state index contributed by atoms with van der Waals surface area (Å²) in [5.74, 6) is -1.10. The van der Waals surface area contributed by atoms with Crippen molar-refractivity contribution in [2.24, 2.45) is 5.73 Å². The van der Waals surface area contributed by atoms with E-state index >= 15 is 0 Å². The van der Waals surface area contributed by atoms with Crippen LogP contribution in [0, 0.1) is 0 Å². The summed E-state index contributed by atoms with van der Waals surface area (Å²) in [7, 11) is 0. The number of carboxylic acids is 1. The molecule has 0 fully saturated rings. The second-order valence-corrected chi connectivity index (χ2v) is 4.38. The molecule has 0 saturated carbocycles. The van der Waals surface area contributed by atoms with Gasteiger partial charge in [-0.2, -0.15) is 0 Å². The fourth-order valence-electron chi connectivity index (χ4n) is 1.35. The first-order chi connectivity index (χ1) is 7.00. The molecule has 0 bridgehead atoms. The number of aliphatic carboxylic acids is 1. The SMILES string of the molecule is CC(N)C(CC(=O)O)c1ccc(Br)cn1. The number of rotatable bonds is 4. The van der Waals surface area contributed by atoms with Crippen LogP contribution in [0.25, 0.3) is 0 Å². The van der Waals surface area contributed by atoms with Crippen LogP contribution in [0.5, 0.6) is 0 Å². The Kier molecular flexibility index (Phi) is 4.23. The Morgan fingerprint density at radius 1 is 1.67 bits per heavy atom. The summed E-state index contributed by atoms with van der Waals surface area (Å²) >= 11 is 3.27. The zero-order valence-corrected chi connectivity index (χ0v) is 9.94. The average Bonchev–Trinajstić information content (AvgIpc) is 2.15. The van der Waals surface area contributed by atoms with Gasteiger partial charge in [-0.05, 0) is 35.0 Å². The van der Waals surface area contributed by atoms with Crippen molar-refractivity contribution >= 4 is 21.9 Å². The third-order valence-electron chi connectivity index (χ3n) is 2.16. The van der Waals surface area contributed by atoms with Gasteiger partial charge in [-0.15, -0.1) is 0 Å². The molecule has 4 nitrogen and oxygen atoms in total. The number of carboxylic acid groups (broad SMARTS) is 1. The Bertz CT molecular complexity index is 338. The van der Waals surface area contributed by atoms with Gasteiger partial charge < -0.3 is 10.8 Å². The molecular weight excluding hydrogens is 260 g/mol. The summed E-state index contributed by atoms with van der Waals surface area (Å²) in [5, 5.41) is 8.76. The van der Waals surface area contributed by atoms with Crippen molar-refractivity contribution in [2.45, 2.75) is 25.3 Å². The lowest BCUT2D eigenvalue weighted by molar-refractivity contribution is -0.137. The second-order valence-electron chi connectivity index (χ2n) is 3.46. The summed E-state index contributed by atoms with van der Waals surface area (Å²) in [6.45, 7) is 1.79. The van der Waals surface area contributed by atoms with E-state index in [0.29, 0.717) is 0 Å². The predicted molar refractivity (Wildman–Crippen MR) is 60.6 cm³/mol.